The minimum absolute atomic E-state index is 1.05. The predicted molar refractivity (Wildman–Crippen MR) is 69.1 cm³/mol. The molecule has 0 spiro atoms. The second-order valence-corrected chi connectivity index (χ2v) is 3.66. The van der Waals surface area contributed by atoms with Crippen molar-refractivity contribution < 1.29 is 0 Å². The van der Waals surface area contributed by atoms with Gasteiger partial charge in [0, 0.05) is 0 Å². The molecule has 2 rings (SSSR count). The number of benzene rings is 1. The molecule has 0 saturated carbocycles. The van der Waals surface area contributed by atoms with Crippen LogP contribution in [0, 0.1) is 6.92 Å². The molecule has 0 heteroatoms. The van der Waals surface area contributed by atoms with E-state index >= 15 is 0 Å². The van der Waals surface area contributed by atoms with Crippen LogP contribution in [0.4, 0.5) is 0 Å². The molecule has 15 heavy (non-hydrogen) atoms. The number of rotatable bonds is 0. The van der Waals surface area contributed by atoms with Gasteiger partial charge in [0.25, 0.3) is 0 Å². The van der Waals surface area contributed by atoms with Crippen LogP contribution in [0.1, 0.15) is 32.8 Å². The van der Waals surface area contributed by atoms with Gasteiger partial charge >= 0.3 is 0 Å². The smallest absolute Gasteiger partial charge is 0.0154 e. The van der Waals surface area contributed by atoms with Crippen LogP contribution >= 0.6 is 0 Å². The van der Waals surface area contributed by atoms with Crippen LogP contribution in [-0.2, 0) is 0 Å². The Labute approximate surface area is 92.6 Å². The van der Waals surface area contributed by atoms with E-state index in [1.54, 1.807) is 0 Å². The molecule has 0 unspecified atom stereocenters. The van der Waals surface area contributed by atoms with Crippen molar-refractivity contribution in [1.29, 1.82) is 0 Å². The normalized spacial score (nSPS) is 13.2. The summed E-state index contributed by atoms with van der Waals surface area (Å²) in [7, 11) is 0. The largest absolute Gasteiger partial charge is 0.0778 e. The van der Waals surface area contributed by atoms with Crippen molar-refractivity contribution in [2.24, 2.45) is 0 Å². The third-order valence-electron chi connectivity index (χ3n) is 2.40. The van der Waals surface area contributed by atoms with E-state index in [0.717, 1.165) is 6.42 Å². The zero-order valence-electron chi connectivity index (χ0n) is 10.2. The van der Waals surface area contributed by atoms with Crippen molar-refractivity contribution in [1.82, 2.24) is 0 Å². The van der Waals surface area contributed by atoms with Gasteiger partial charge in [0.2, 0.25) is 0 Å². The highest BCUT2D eigenvalue weighted by molar-refractivity contribution is 5.50. The van der Waals surface area contributed by atoms with Crippen molar-refractivity contribution in [3.05, 3.63) is 45.8 Å². The Kier molecular flexibility index (Phi) is 4.36. The van der Waals surface area contributed by atoms with Gasteiger partial charge in [-0.1, -0.05) is 61.4 Å². The molecule has 0 aromatic heterocycles. The summed E-state index contributed by atoms with van der Waals surface area (Å²) in [4.78, 5) is 0. The Morgan fingerprint density at radius 1 is 0.933 bits per heavy atom. The van der Waals surface area contributed by atoms with E-state index in [2.05, 4.69) is 50.3 Å². The highest BCUT2D eigenvalue weighted by Crippen LogP contribution is 2.00. The highest BCUT2D eigenvalue weighted by atomic mass is 14.0. The first-order chi connectivity index (χ1) is 7.25. The van der Waals surface area contributed by atoms with E-state index in [1.165, 1.54) is 21.6 Å². The van der Waals surface area contributed by atoms with E-state index in [-0.39, 0.29) is 0 Å². The average Bonchev–Trinajstić information content (AvgIpc) is 2.42. The maximum Gasteiger partial charge on any atom is -0.0154 e. The molecule has 0 aliphatic heterocycles. The second kappa shape index (κ2) is 5.55. The quantitative estimate of drug-likeness (QED) is 0.604. The fourth-order valence-corrected chi connectivity index (χ4v) is 1.68. The van der Waals surface area contributed by atoms with Gasteiger partial charge in [0.15, 0.2) is 0 Å². The molecule has 0 saturated heterocycles. The lowest BCUT2D eigenvalue weighted by molar-refractivity contribution is 1.38. The Morgan fingerprint density at radius 3 is 2.40 bits per heavy atom. The Morgan fingerprint density at radius 2 is 1.67 bits per heavy atom. The number of hydrogen-bond donors (Lipinski definition) is 0. The second-order valence-electron chi connectivity index (χ2n) is 3.66. The van der Waals surface area contributed by atoms with Crippen LogP contribution in [0.15, 0.2) is 29.8 Å². The maximum absolute atomic E-state index is 2.29. The molecule has 0 atom stereocenters. The van der Waals surface area contributed by atoms with Crippen LogP contribution < -0.4 is 10.4 Å². The monoisotopic (exact) mass is 200 g/mol. The first-order valence-electron chi connectivity index (χ1n) is 5.71. The van der Waals surface area contributed by atoms with Crippen LogP contribution in [0.5, 0.6) is 0 Å². The SMILES string of the molecule is CC.CC1=CCC=c2cc(C)ccc2=C1. The molecule has 1 aromatic carbocycles. The highest BCUT2D eigenvalue weighted by Gasteiger charge is 1.92. The van der Waals surface area contributed by atoms with E-state index in [0.29, 0.717) is 0 Å². The van der Waals surface area contributed by atoms with Crippen LogP contribution in [0.25, 0.3) is 12.2 Å². The standard InChI is InChI=1S/C13H14.C2H6/c1-10-4-3-5-12-9-11(2)6-7-13(12)8-10;1-2/h4-9H,3H2,1-2H3;1-2H3. The summed E-state index contributed by atoms with van der Waals surface area (Å²) >= 11 is 0. The number of allylic oxidation sites excluding steroid dienone is 2. The van der Waals surface area contributed by atoms with Gasteiger partial charge in [-0.25, -0.2) is 0 Å². The first-order valence-corrected chi connectivity index (χ1v) is 5.71. The summed E-state index contributed by atoms with van der Waals surface area (Å²) in [5, 5.41) is 2.71. The Bertz CT molecular complexity index is 461. The van der Waals surface area contributed by atoms with Gasteiger partial charge in [0.05, 0.1) is 0 Å². The number of aryl methyl sites for hydroxylation is 1. The van der Waals surface area contributed by atoms with E-state index in [4.69, 9.17) is 0 Å². The lowest BCUT2D eigenvalue weighted by Gasteiger charge is -1.92. The van der Waals surface area contributed by atoms with E-state index in [9.17, 15) is 0 Å². The zero-order valence-corrected chi connectivity index (χ0v) is 10.2. The van der Waals surface area contributed by atoms with Gasteiger partial charge in [-0.3, -0.25) is 0 Å². The summed E-state index contributed by atoms with van der Waals surface area (Å²) < 4.78 is 0. The van der Waals surface area contributed by atoms with Crippen molar-refractivity contribution in [3.8, 4) is 0 Å². The lowest BCUT2D eigenvalue weighted by atomic mass is 10.1. The Balaban J connectivity index is 0.000000531. The number of hydrogen-bond acceptors (Lipinski definition) is 0. The minimum atomic E-state index is 1.05. The van der Waals surface area contributed by atoms with Gasteiger partial charge in [-0.15, -0.1) is 0 Å². The summed E-state index contributed by atoms with van der Waals surface area (Å²) in [5.74, 6) is 0. The molecular weight excluding hydrogens is 180 g/mol. The van der Waals surface area contributed by atoms with Gasteiger partial charge in [-0.2, -0.15) is 0 Å². The van der Waals surface area contributed by atoms with Crippen LogP contribution in [0.3, 0.4) is 0 Å². The molecule has 1 aliphatic rings. The first kappa shape index (κ1) is 11.8. The third-order valence-corrected chi connectivity index (χ3v) is 2.40. The molecular formula is C15H20. The molecule has 0 nitrogen and oxygen atoms in total. The molecule has 80 valence electrons. The topological polar surface area (TPSA) is 0 Å². The van der Waals surface area contributed by atoms with Gasteiger partial charge in [-0.05, 0) is 30.7 Å². The molecule has 0 bridgehead atoms. The van der Waals surface area contributed by atoms with Crippen LogP contribution in [-0.4, -0.2) is 0 Å². The molecule has 0 amide bonds. The maximum atomic E-state index is 2.29. The molecule has 1 aromatic rings. The fraction of sp³-hybridized carbons (Fsp3) is 0.333. The van der Waals surface area contributed by atoms with Gasteiger partial charge in [0.1, 0.15) is 0 Å². The van der Waals surface area contributed by atoms with Crippen molar-refractivity contribution in [2.45, 2.75) is 34.1 Å². The summed E-state index contributed by atoms with van der Waals surface area (Å²) in [6.07, 6.45) is 7.85. The molecule has 1 aliphatic carbocycles. The van der Waals surface area contributed by atoms with Crippen molar-refractivity contribution in [2.75, 3.05) is 0 Å². The van der Waals surface area contributed by atoms with Crippen molar-refractivity contribution >= 4 is 12.2 Å². The molecule has 0 heterocycles. The zero-order chi connectivity index (χ0) is 11.3. The summed E-state index contributed by atoms with van der Waals surface area (Å²) in [5.41, 5.74) is 2.70. The Hall–Kier alpha value is -1.30. The lowest BCUT2D eigenvalue weighted by Crippen LogP contribution is -2.23. The molecule has 0 radical (unpaired) electrons. The predicted octanol–water partition coefficient (Wildman–Crippen LogP) is 2.93. The van der Waals surface area contributed by atoms with Gasteiger partial charge < -0.3 is 0 Å². The number of fused-ring (bicyclic) bond motifs is 1. The molecule has 0 N–H and O–H groups in total. The summed E-state index contributed by atoms with van der Waals surface area (Å²) in [6.45, 7) is 8.29. The fourth-order valence-electron chi connectivity index (χ4n) is 1.68. The van der Waals surface area contributed by atoms with Crippen molar-refractivity contribution in [3.63, 3.8) is 0 Å². The average molecular weight is 200 g/mol. The third kappa shape index (κ3) is 3.09. The van der Waals surface area contributed by atoms with Crippen LogP contribution in [0.2, 0.25) is 0 Å². The minimum Gasteiger partial charge on any atom is -0.0778 e. The molecule has 0 fully saturated rings. The van der Waals surface area contributed by atoms with E-state index < -0.39 is 0 Å². The summed E-state index contributed by atoms with van der Waals surface area (Å²) in [6, 6.07) is 6.61. The van der Waals surface area contributed by atoms with E-state index in [1.807, 2.05) is 13.8 Å².